The van der Waals surface area contributed by atoms with Crippen LogP contribution in [-0.4, -0.2) is 11.2 Å². The molecule has 0 aliphatic rings. The maximum atomic E-state index is 10.5. The zero-order chi connectivity index (χ0) is 21.4. The van der Waals surface area contributed by atoms with Crippen LogP contribution in [0.3, 0.4) is 0 Å². The molecule has 0 unspecified atom stereocenters. The lowest BCUT2D eigenvalue weighted by Crippen LogP contribution is -2.13. The molecule has 1 nitrogen and oxygen atoms in total. The molecule has 0 radical (unpaired) electrons. The second kappa shape index (κ2) is 23.8. The van der Waals surface area contributed by atoms with E-state index >= 15 is 0 Å². The van der Waals surface area contributed by atoms with Gasteiger partial charge in [0.1, 0.15) is 0 Å². The number of hydrogen-bond acceptors (Lipinski definition) is 1. The topological polar surface area (TPSA) is 20.2 Å². The quantitative estimate of drug-likeness (QED) is 0.149. The second-order valence-electron chi connectivity index (χ2n) is 9.18. The first-order chi connectivity index (χ1) is 14.2. The summed E-state index contributed by atoms with van der Waals surface area (Å²) in [6.07, 6.45) is 26.6. The second-order valence-corrected chi connectivity index (χ2v) is 9.18. The molecule has 29 heavy (non-hydrogen) atoms. The molecule has 0 saturated heterocycles. The Morgan fingerprint density at radius 1 is 0.552 bits per heavy atom. The monoisotopic (exact) mass is 406 g/mol. The van der Waals surface area contributed by atoms with Crippen LogP contribution in [0.2, 0.25) is 0 Å². The maximum Gasteiger partial charge on any atom is 0.0552 e. The first-order valence-electron chi connectivity index (χ1n) is 13.4. The van der Waals surface area contributed by atoms with Crippen molar-refractivity contribution in [1.29, 1.82) is 0 Å². The molecule has 2 atom stereocenters. The molecular weight excluding hydrogens is 352 g/mol. The minimum Gasteiger partial charge on any atom is -0.393 e. The van der Waals surface area contributed by atoms with Gasteiger partial charge in [-0.25, -0.2) is 0 Å². The molecule has 0 rings (SSSR count). The van der Waals surface area contributed by atoms with Gasteiger partial charge in [-0.1, -0.05) is 129 Å². The van der Waals surface area contributed by atoms with Crippen molar-refractivity contribution in [3.05, 3.63) is 0 Å². The third-order valence-electron chi connectivity index (χ3n) is 6.07. The Hall–Kier alpha value is -0.480. The SMILES string of the molecule is CCCCCC#C[C@H](CCCCC)C[C@@H](O)CCCCCCCCCCCCC. The van der Waals surface area contributed by atoms with Gasteiger partial charge in [-0.05, 0) is 25.7 Å². The molecule has 0 fully saturated rings. The van der Waals surface area contributed by atoms with Crippen LogP contribution in [0.4, 0.5) is 0 Å². The highest BCUT2D eigenvalue weighted by Crippen LogP contribution is 2.19. The predicted molar refractivity (Wildman–Crippen MR) is 131 cm³/mol. The Morgan fingerprint density at radius 2 is 1.00 bits per heavy atom. The average Bonchev–Trinajstić information content (AvgIpc) is 2.71. The summed E-state index contributed by atoms with van der Waals surface area (Å²) in [7, 11) is 0. The van der Waals surface area contributed by atoms with Gasteiger partial charge in [0.05, 0.1) is 6.10 Å². The van der Waals surface area contributed by atoms with Crippen LogP contribution < -0.4 is 0 Å². The van der Waals surface area contributed by atoms with E-state index in [-0.39, 0.29) is 6.10 Å². The molecule has 0 saturated carbocycles. The molecule has 1 N–H and O–H groups in total. The van der Waals surface area contributed by atoms with E-state index in [1.165, 1.54) is 116 Å². The van der Waals surface area contributed by atoms with Crippen molar-refractivity contribution in [2.24, 2.45) is 5.92 Å². The van der Waals surface area contributed by atoms with Crippen molar-refractivity contribution in [3.63, 3.8) is 0 Å². The van der Waals surface area contributed by atoms with Gasteiger partial charge in [-0.15, -0.1) is 5.92 Å². The summed E-state index contributed by atoms with van der Waals surface area (Å²) in [6.45, 7) is 6.78. The highest BCUT2D eigenvalue weighted by atomic mass is 16.3. The zero-order valence-electron chi connectivity index (χ0n) is 20.5. The average molecular weight is 407 g/mol. The molecule has 0 spiro atoms. The van der Waals surface area contributed by atoms with Crippen molar-refractivity contribution in [2.75, 3.05) is 0 Å². The lowest BCUT2D eigenvalue weighted by Gasteiger charge is -2.16. The van der Waals surface area contributed by atoms with Crippen LogP contribution in [0.1, 0.15) is 156 Å². The van der Waals surface area contributed by atoms with Crippen LogP contribution in [-0.2, 0) is 0 Å². The molecule has 0 aromatic carbocycles. The molecule has 0 bridgehead atoms. The Kier molecular flexibility index (Phi) is 23.4. The molecule has 0 aliphatic carbocycles. The first kappa shape index (κ1) is 28.5. The van der Waals surface area contributed by atoms with E-state index < -0.39 is 0 Å². The third kappa shape index (κ3) is 22.0. The Labute approximate surface area is 184 Å². The van der Waals surface area contributed by atoms with E-state index in [1.807, 2.05) is 0 Å². The van der Waals surface area contributed by atoms with Crippen molar-refractivity contribution in [2.45, 2.75) is 162 Å². The van der Waals surface area contributed by atoms with Gasteiger partial charge in [0.15, 0.2) is 0 Å². The Balaban J connectivity index is 3.81. The standard InChI is InChI=1S/C28H54O/c1-4-7-10-12-13-14-15-16-17-19-22-25-28(29)26-27(23-20-9-6-3)24-21-18-11-8-5-2/h27-29H,4-20,22-23,25-26H2,1-3H3/t27-,28-/m0/s1. The van der Waals surface area contributed by atoms with Gasteiger partial charge in [0, 0.05) is 12.3 Å². The maximum absolute atomic E-state index is 10.5. The van der Waals surface area contributed by atoms with Crippen molar-refractivity contribution < 1.29 is 5.11 Å². The van der Waals surface area contributed by atoms with E-state index in [9.17, 15) is 5.11 Å². The van der Waals surface area contributed by atoms with Crippen LogP contribution in [0.15, 0.2) is 0 Å². The van der Waals surface area contributed by atoms with E-state index in [0.717, 1.165) is 19.3 Å². The number of rotatable bonds is 21. The van der Waals surface area contributed by atoms with Crippen molar-refractivity contribution >= 4 is 0 Å². The predicted octanol–water partition coefficient (Wildman–Crippen LogP) is 9.22. The summed E-state index contributed by atoms with van der Waals surface area (Å²) in [6, 6.07) is 0. The molecular formula is C28H54O. The van der Waals surface area contributed by atoms with Gasteiger partial charge in [-0.3, -0.25) is 0 Å². The van der Waals surface area contributed by atoms with Crippen LogP contribution in [0.5, 0.6) is 0 Å². The summed E-state index contributed by atoms with van der Waals surface area (Å²) in [4.78, 5) is 0. The highest BCUT2D eigenvalue weighted by molar-refractivity contribution is 5.04. The lowest BCUT2D eigenvalue weighted by atomic mass is 9.93. The smallest absolute Gasteiger partial charge is 0.0552 e. The highest BCUT2D eigenvalue weighted by Gasteiger charge is 2.12. The van der Waals surface area contributed by atoms with Crippen molar-refractivity contribution in [3.8, 4) is 11.8 Å². The molecule has 0 amide bonds. The Bertz CT molecular complexity index is 364. The fourth-order valence-corrected chi connectivity index (χ4v) is 4.06. The van der Waals surface area contributed by atoms with Crippen LogP contribution in [0, 0.1) is 17.8 Å². The first-order valence-corrected chi connectivity index (χ1v) is 13.4. The molecule has 0 heterocycles. The molecule has 1 heteroatoms. The van der Waals surface area contributed by atoms with E-state index in [0.29, 0.717) is 5.92 Å². The third-order valence-corrected chi connectivity index (χ3v) is 6.07. The number of hydrogen-bond donors (Lipinski definition) is 1. The van der Waals surface area contributed by atoms with Gasteiger partial charge < -0.3 is 5.11 Å². The summed E-state index contributed by atoms with van der Waals surface area (Å²) in [5, 5.41) is 10.5. The molecule has 0 aromatic rings. The number of unbranched alkanes of at least 4 members (excludes halogenated alkanes) is 15. The zero-order valence-corrected chi connectivity index (χ0v) is 20.5. The van der Waals surface area contributed by atoms with E-state index in [4.69, 9.17) is 0 Å². The van der Waals surface area contributed by atoms with Gasteiger partial charge in [0.2, 0.25) is 0 Å². The minimum absolute atomic E-state index is 0.148. The molecule has 172 valence electrons. The Morgan fingerprint density at radius 3 is 1.59 bits per heavy atom. The van der Waals surface area contributed by atoms with Crippen LogP contribution in [0.25, 0.3) is 0 Å². The molecule has 0 aliphatic heterocycles. The van der Waals surface area contributed by atoms with E-state index in [2.05, 4.69) is 32.6 Å². The largest absolute Gasteiger partial charge is 0.393 e. The summed E-state index contributed by atoms with van der Waals surface area (Å²) < 4.78 is 0. The normalized spacial score (nSPS) is 13.1. The lowest BCUT2D eigenvalue weighted by molar-refractivity contribution is 0.137. The summed E-state index contributed by atoms with van der Waals surface area (Å²) in [5.41, 5.74) is 0. The van der Waals surface area contributed by atoms with Crippen LogP contribution >= 0.6 is 0 Å². The van der Waals surface area contributed by atoms with Crippen molar-refractivity contribution in [1.82, 2.24) is 0 Å². The number of aliphatic hydroxyl groups is 1. The summed E-state index contributed by atoms with van der Waals surface area (Å²) in [5.74, 6) is 7.31. The van der Waals surface area contributed by atoms with Gasteiger partial charge in [0.25, 0.3) is 0 Å². The fraction of sp³-hybridized carbons (Fsp3) is 0.929. The number of aliphatic hydroxyl groups excluding tert-OH is 1. The summed E-state index contributed by atoms with van der Waals surface area (Å²) >= 11 is 0. The minimum atomic E-state index is -0.148. The fourth-order valence-electron chi connectivity index (χ4n) is 4.06. The van der Waals surface area contributed by atoms with E-state index in [1.54, 1.807) is 0 Å². The van der Waals surface area contributed by atoms with Gasteiger partial charge >= 0.3 is 0 Å². The van der Waals surface area contributed by atoms with Gasteiger partial charge in [-0.2, -0.15) is 0 Å². The molecule has 0 aromatic heterocycles.